The van der Waals surface area contributed by atoms with Crippen molar-refractivity contribution in [3.63, 3.8) is 0 Å². The monoisotopic (exact) mass is 372 g/mol. The quantitative estimate of drug-likeness (QED) is 0.724. The van der Waals surface area contributed by atoms with Gasteiger partial charge in [0.1, 0.15) is 0 Å². The van der Waals surface area contributed by atoms with E-state index in [2.05, 4.69) is 23.1 Å². The lowest BCUT2D eigenvalue weighted by atomic mass is 10.1. The molecule has 136 valence electrons. The summed E-state index contributed by atoms with van der Waals surface area (Å²) < 4.78 is 44.0. The highest BCUT2D eigenvalue weighted by Gasteiger charge is 2.28. The van der Waals surface area contributed by atoms with E-state index in [-0.39, 0.29) is 39.9 Å². The Morgan fingerprint density at radius 3 is 2.76 bits per heavy atom. The molecule has 0 spiro atoms. The van der Waals surface area contributed by atoms with Crippen LogP contribution in [0.25, 0.3) is 11.0 Å². The summed E-state index contributed by atoms with van der Waals surface area (Å²) in [6, 6.07) is 1.16. The van der Waals surface area contributed by atoms with Gasteiger partial charge < -0.3 is 19.3 Å². The number of hydrogen-bond acceptors (Lipinski definition) is 6. The second-order valence-corrected chi connectivity index (χ2v) is 6.30. The summed E-state index contributed by atoms with van der Waals surface area (Å²) in [5.41, 5.74) is -0.347. The Labute approximate surface area is 148 Å². The molecule has 25 heavy (non-hydrogen) atoms. The molecule has 1 saturated heterocycles. The van der Waals surface area contributed by atoms with E-state index in [0.29, 0.717) is 19.6 Å². The van der Waals surface area contributed by atoms with Crippen molar-refractivity contribution in [3.8, 4) is 0 Å². The normalized spacial score (nSPS) is 16.5. The Bertz CT molecular complexity index is 777. The molecule has 1 N–H and O–H groups in total. The predicted molar refractivity (Wildman–Crippen MR) is 89.5 cm³/mol. The highest BCUT2D eigenvalue weighted by Crippen LogP contribution is 2.35. The molecule has 1 aliphatic heterocycles. The number of ether oxygens (including phenoxy) is 2. The van der Waals surface area contributed by atoms with Crippen molar-refractivity contribution in [3.05, 3.63) is 23.3 Å². The minimum Gasteiger partial charge on any atom is -0.364 e. The summed E-state index contributed by atoms with van der Waals surface area (Å²) in [7, 11) is 0. The minimum atomic E-state index is -1.15. The SMILES string of the molecule is CCC[C@H](CC(=O)S)Nc1noc2c(F)c(F)c(C3OCCO3)cc12. The van der Waals surface area contributed by atoms with E-state index in [0.717, 1.165) is 6.42 Å². The molecule has 2 aromatic rings. The molecule has 1 fully saturated rings. The van der Waals surface area contributed by atoms with E-state index >= 15 is 0 Å². The minimum absolute atomic E-state index is 0.0499. The highest BCUT2D eigenvalue weighted by molar-refractivity contribution is 7.96. The molecule has 3 rings (SSSR count). The smallest absolute Gasteiger partial charge is 0.207 e. The van der Waals surface area contributed by atoms with E-state index in [1.807, 2.05) is 6.92 Å². The summed E-state index contributed by atoms with van der Waals surface area (Å²) in [4.78, 5) is 11.3. The van der Waals surface area contributed by atoms with Crippen LogP contribution in [0, 0.1) is 11.6 Å². The van der Waals surface area contributed by atoms with E-state index in [9.17, 15) is 13.6 Å². The number of nitrogens with zero attached hydrogens (tertiary/aromatic N) is 1. The van der Waals surface area contributed by atoms with Crippen molar-refractivity contribution in [2.75, 3.05) is 18.5 Å². The van der Waals surface area contributed by atoms with Crippen LogP contribution < -0.4 is 5.32 Å². The predicted octanol–water partition coefficient (Wildman–Crippen LogP) is 3.58. The lowest BCUT2D eigenvalue weighted by Crippen LogP contribution is -2.21. The molecule has 1 aliphatic rings. The van der Waals surface area contributed by atoms with Crippen LogP contribution in [0.15, 0.2) is 10.6 Å². The van der Waals surface area contributed by atoms with Gasteiger partial charge in [0.2, 0.25) is 11.4 Å². The number of carbonyl (C=O) groups is 1. The molecule has 2 heterocycles. The number of hydrogen-bond donors (Lipinski definition) is 2. The van der Waals surface area contributed by atoms with Gasteiger partial charge in [-0.3, -0.25) is 4.79 Å². The molecule has 6 nitrogen and oxygen atoms in total. The molecule has 0 amide bonds. The topological polar surface area (TPSA) is 73.6 Å². The lowest BCUT2D eigenvalue weighted by Gasteiger charge is -2.16. The maximum Gasteiger partial charge on any atom is 0.207 e. The molecule has 9 heteroatoms. The number of benzene rings is 1. The molecule has 1 aromatic carbocycles. The Balaban J connectivity index is 1.97. The fourth-order valence-corrected chi connectivity index (χ4v) is 3.05. The van der Waals surface area contributed by atoms with Crippen LogP contribution in [0.4, 0.5) is 14.6 Å². The van der Waals surface area contributed by atoms with Crippen LogP contribution in [0.1, 0.15) is 38.0 Å². The maximum absolute atomic E-state index is 14.3. The van der Waals surface area contributed by atoms with Gasteiger partial charge in [0.15, 0.2) is 23.0 Å². The number of aromatic nitrogens is 1. The van der Waals surface area contributed by atoms with E-state index in [4.69, 9.17) is 14.0 Å². The van der Waals surface area contributed by atoms with E-state index in [1.54, 1.807) is 0 Å². The molecule has 1 atom stereocenters. The molecule has 0 bridgehead atoms. The fourth-order valence-electron chi connectivity index (χ4n) is 2.83. The second kappa shape index (κ2) is 7.67. The van der Waals surface area contributed by atoms with Gasteiger partial charge in [-0.05, 0) is 12.5 Å². The first-order valence-electron chi connectivity index (χ1n) is 8.00. The Morgan fingerprint density at radius 1 is 1.40 bits per heavy atom. The molecular formula is C16H18F2N2O4S. The van der Waals surface area contributed by atoms with Gasteiger partial charge in [0.05, 0.1) is 18.6 Å². The number of fused-ring (bicyclic) bond motifs is 1. The third kappa shape index (κ3) is 3.78. The Hall–Kier alpha value is -1.71. The van der Waals surface area contributed by atoms with Crippen LogP contribution in [-0.4, -0.2) is 29.5 Å². The lowest BCUT2D eigenvalue weighted by molar-refractivity contribution is -0.111. The van der Waals surface area contributed by atoms with Gasteiger partial charge in [-0.25, -0.2) is 4.39 Å². The van der Waals surface area contributed by atoms with Gasteiger partial charge in [-0.2, -0.15) is 4.39 Å². The van der Waals surface area contributed by atoms with E-state index < -0.39 is 17.9 Å². The zero-order valence-corrected chi connectivity index (χ0v) is 14.4. The summed E-state index contributed by atoms with van der Waals surface area (Å²) in [6.45, 7) is 2.59. The second-order valence-electron chi connectivity index (χ2n) is 5.80. The first-order chi connectivity index (χ1) is 12.0. The summed E-state index contributed by atoms with van der Waals surface area (Å²) in [6.07, 6.45) is 0.724. The molecule has 0 radical (unpaired) electrons. The number of carbonyl (C=O) groups excluding carboxylic acids is 1. The van der Waals surface area contributed by atoms with Crippen LogP contribution in [0.2, 0.25) is 0 Å². The average molecular weight is 372 g/mol. The van der Waals surface area contributed by atoms with Crippen LogP contribution >= 0.6 is 12.6 Å². The van der Waals surface area contributed by atoms with Crippen LogP contribution in [0.5, 0.6) is 0 Å². The highest BCUT2D eigenvalue weighted by atomic mass is 32.1. The third-order valence-electron chi connectivity index (χ3n) is 3.95. The zero-order valence-electron chi connectivity index (χ0n) is 13.6. The first-order valence-corrected chi connectivity index (χ1v) is 8.44. The summed E-state index contributed by atoms with van der Waals surface area (Å²) in [5, 5.41) is 6.83. The fraction of sp³-hybridized carbons (Fsp3) is 0.500. The summed E-state index contributed by atoms with van der Waals surface area (Å²) >= 11 is 3.79. The Kier molecular flexibility index (Phi) is 5.55. The number of nitrogens with one attached hydrogen (secondary N) is 1. The van der Waals surface area contributed by atoms with Crippen molar-refractivity contribution in [1.29, 1.82) is 0 Å². The Morgan fingerprint density at radius 2 is 2.12 bits per heavy atom. The van der Waals surface area contributed by atoms with Gasteiger partial charge in [-0.1, -0.05) is 18.5 Å². The maximum atomic E-state index is 14.3. The van der Waals surface area contributed by atoms with Gasteiger partial charge in [0, 0.05) is 18.0 Å². The first kappa shape index (κ1) is 18.1. The molecule has 0 saturated carbocycles. The van der Waals surface area contributed by atoms with Crippen molar-refractivity contribution in [2.24, 2.45) is 0 Å². The van der Waals surface area contributed by atoms with Crippen molar-refractivity contribution >= 4 is 34.5 Å². The number of rotatable bonds is 7. The van der Waals surface area contributed by atoms with Crippen molar-refractivity contribution in [1.82, 2.24) is 5.16 Å². The number of thiol groups is 1. The van der Waals surface area contributed by atoms with Crippen molar-refractivity contribution in [2.45, 2.75) is 38.5 Å². The molecule has 1 aromatic heterocycles. The molecule has 0 unspecified atom stereocenters. The van der Waals surface area contributed by atoms with Gasteiger partial charge >= 0.3 is 0 Å². The van der Waals surface area contributed by atoms with Gasteiger partial charge in [-0.15, -0.1) is 12.6 Å². The summed E-state index contributed by atoms with van der Waals surface area (Å²) in [5.74, 6) is -2.00. The largest absolute Gasteiger partial charge is 0.364 e. The zero-order chi connectivity index (χ0) is 18.0. The van der Waals surface area contributed by atoms with Crippen LogP contribution in [-0.2, 0) is 14.3 Å². The van der Waals surface area contributed by atoms with Crippen molar-refractivity contribution < 1.29 is 27.6 Å². The number of anilines is 1. The van der Waals surface area contributed by atoms with E-state index in [1.165, 1.54) is 6.07 Å². The van der Waals surface area contributed by atoms with Gasteiger partial charge in [0.25, 0.3) is 0 Å². The number of halogens is 2. The molecular weight excluding hydrogens is 354 g/mol. The third-order valence-corrected chi connectivity index (χ3v) is 4.13. The standard InChI is InChI=1S/C16H18F2N2O4S/c1-2-3-8(6-11(21)25)19-15-10-7-9(16-22-4-5-23-16)12(17)13(18)14(10)24-20-15/h7-8,16H,2-6H2,1H3,(H,19,20)(H,21,25)/t8-/m1/s1. The molecule has 0 aliphatic carbocycles. The van der Waals surface area contributed by atoms with Crippen LogP contribution in [0.3, 0.4) is 0 Å². The average Bonchev–Trinajstić information content (AvgIpc) is 3.20.